The SMILES string of the molecule is CC(C)(C)NC(=O)Nc1ccc2c(c1)OCC(=O)N2C(c1ccccc1)C(F)(F)F. The summed E-state index contributed by atoms with van der Waals surface area (Å²) in [6.07, 6.45) is -4.70. The molecule has 0 saturated carbocycles. The Morgan fingerprint density at radius 1 is 1.10 bits per heavy atom. The Bertz CT molecular complexity index is 940. The summed E-state index contributed by atoms with van der Waals surface area (Å²) in [6.45, 7) is 4.90. The molecule has 0 saturated heterocycles. The van der Waals surface area contributed by atoms with Crippen LogP contribution in [0.25, 0.3) is 0 Å². The number of urea groups is 1. The van der Waals surface area contributed by atoms with Gasteiger partial charge in [0.1, 0.15) is 5.75 Å². The zero-order valence-electron chi connectivity index (χ0n) is 16.7. The van der Waals surface area contributed by atoms with E-state index in [-0.39, 0.29) is 17.0 Å². The standard InChI is InChI=1S/C21H22F3N3O3/c1-20(2,3)26-19(29)25-14-9-10-15-16(11-14)30-12-17(28)27(15)18(21(22,23)24)13-7-5-4-6-8-13/h4-11,18H,12H2,1-3H3,(H2,25,26,29). The van der Waals surface area contributed by atoms with Crippen LogP contribution in [0.15, 0.2) is 48.5 Å². The van der Waals surface area contributed by atoms with E-state index in [9.17, 15) is 22.8 Å². The first-order chi connectivity index (χ1) is 14.0. The average Bonchev–Trinajstić information content (AvgIpc) is 2.62. The van der Waals surface area contributed by atoms with Gasteiger partial charge in [-0.05, 0) is 38.5 Å². The summed E-state index contributed by atoms with van der Waals surface area (Å²) >= 11 is 0. The van der Waals surface area contributed by atoms with Gasteiger partial charge >= 0.3 is 12.2 Å². The van der Waals surface area contributed by atoms with Gasteiger partial charge in [0.15, 0.2) is 12.6 Å². The van der Waals surface area contributed by atoms with Gasteiger partial charge in [0, 0.05) is 17.3 Å². The number of carbonyl (C=O) groups excluding carboxylic acids is 2. The molecular formula is C21H22F3N3O3. The van der Waals surface area contributed by atoms with Crippen molar-refractivity contribution in [2.75, 3.05) is 16.8 Å². The molecule has 30 heavy (non-hydrogen) atoms. The molecule has 0 radical (unpaired) electrons. The fourth-order valence-corrected chi connectivity index (χ4v) is 3.16. The number of hydrogen-bond acceptors (Lipinski definition) is 3. The third kappa shape index (κ3) is 4.84. The van der Waals surface area contributed by atoms with Crippen LogP contribution in [0.2, 0.25) is 0 Å². The van der Waals surface area contributed by atoms with E-state index in [4.69, 9.17) is 4.74 Å². The summed E-state index contributed by atoms with van der Waals surface area (Å²) in [7, 11) is 0. The minimum Gasteiger partial charge on any atom is -0.481 e. The van der Waals surface area contributed by atoms with Crippen molar-refractivity contribution in [3.63, 3.8) is 0 Å². The van der Waals surface area contributed by atoms with Crippen molar-refractivity contribution in [2.24, 2.45) is 0 Å². The van der Waals surface area contributed by atoms with Crippen molar-refractivity contribution in [3.8, 4) is 5.75 Å². The maximum atomic E-state index is 14.0. The van der Waals surface area contributed by atoms with E-state index in [0.717, 1.165) is 0 Å². The Labute approximate surface area is 172 Å². The molecule has 1 aliphatic heterocycles. The van der Waals surface area contributed by atoms with Crippen LogP contribution < -0.4 is 20.3 Å². The van der Waals surface area contributed by atoms with Crippen molar-refractivity contribution in [2.45, 2.75) is 38.5 Å². The quantitative estimate of drug-likeness (QED) is 0.759. The van der Waals surface area contributed by atoms with Gasteiger partial charge in [-0.15, -0.1) is 0 Å². The molecule has 1 heterocycles. The van der Waals surface area contributed by atoms with Crippen LogP contribution in [-0.2, 0) is 4.79 Å². The predicted molar refractivity (Wildman–Crippen MR) is 107 cm³/mol. The highest BCUT2D eigenvalue weighted by Crippen LogP contribution is 2.45. The molecule has 0 spiro atoms. The number of alkyl halides is 3. The monoisotopic (exact) mass is 421 g/mol. The molecule has 2 N–H and O–H groups in total. The fourth-order valence-electron chi connectivity index (χ4n) is 3.16. The molecule has 0 aromatic heterocycles. The van der Waals surface area contributed by atoms with Crippen molar-refractivity contribution in [3.05, 3.63) is 54.1 Å². The van der Waals surface area contributed by atoms with Gasteiger partial charge in [-0.2, -0.15) is 13.2 Å². The molecule has 6 nitrogen and oxygen atoms in total. The largest absolute Gasteiger partial charge is 0.481 e. The molecule has 0 fully saturated rings. The lowest BCUT2D eigenvalue weighted by atomic mass is 10.0. The fraction of sp³-hybridized carbons (Fsp3) is 0.333. The van der Waals surface area contributed by atoms with Gasteiger partial charge in [0.05, 0.1) is 5.69 Å². The first-order valence-corrected chi connectivity index (χ1v) is 9.25. The second-order valence-corrected chi connectivity index (χ2v) is 7.92. The highest BCUT2D eigenvalue weighted by Gasteiger charge is 2.49. The van der Waals surface area contributed by atoms with E-state index in [2.05, 4.69) is 10.6 Å². The number of fused-ring (bicyclic) bond motifs is 1. The van der Waals surface area contributed by atoms with Gasteiger partial charge in [-0.25, -0.2) is 4.79 Å². The summed E-state index contributed by atoms with van der Waals surface area (Å²) in [6, 6.07) is 8.76. The molecule has 3 amide bonds. The highest BCUT2D eigenvalue weighted by atomic mass is 19.4. The second kappa shape index (κ2) is 7.89. The molecule has 2 aromatic rings. The number of rotatable bonds is 3. The van der Waals surface area contributed by atoms with Gasteiger partial charge in [0.2, 0.25) is 0 Å². The normalized spacial score (nSPS) is 15.1. The summed E-state index contributed by atoms with van der Waals surface area (Å²) in [5, 5.41) is 5.33. The molecule has 0 bridgehead atoms. The maximum Gasteiger partial charge on any atom is 0.413 e. The van der Waals surface area contributed by atoms with E-state index in [1.807, 2.05) is 20.8 Å². The molecule has 1 aliphatic rings. The average molecular weight is 421 g/mol. The third-order valence-corrected chi connectivity index (χ3v) is 4.27. The minimum atomic E-state index is -4.70. The summed E-state index contributed by atoms with van der Waals surface area (Å²) in [5.74, 6) is -0.729. The van der Waals surface area contributed by atoms with Gasteiger partial charge < -0.3 is 15.4 Å². The molecule has 2 aromatic carbocycles. The van der Waals surface area contributed by atoms with Gasteiger partial charge in [0.25, 0.3) is 5.91 Å². The molecule has 1 atom stereocenters. The van der Waals surface area contributed by atoms with Gasteiger partial charge in [-0.3, -0.25) is 9.69 Å². The van der Waals surface area contributed by atoms with Crippen molar-refractivity contribution < 1.29 is 27.5 Å². The zero-order valence-corrected chi connectivity index (χ0v) is 16.7. The van der Waals surface area contributed by atoms with Crippen LogP contribution in [0, 0.1) is 0 Å². The predicted octanol–water partition coefficient (Wildman–Crippen LogP) is 4.64. The summed E-state index contributed by atoms with van der Waals surface area (Å²) < 4.78 is 47.3. The Balaban J connectivity index is 1.96. The number of ether oxygens (including phenoxy) is 1. The van der Waals surface area contributed by atoms with E-state index in [1.54, 1.807) is 6.07 Å². The Kier molecular flexibility index (Phi) is 5.65. The van der Waals surface area contributed by atoms with Crippen LogP contribution >= 0.6 is 0 Å². The Morgan fingerprint density at radius 3 is 2.37 bits per heavy atom. The van der Waals surface area contributed by atoms with Crippen LogP contribution in [0.3, 0.4) is 0 Å². The van der Waals surface area contributed by atoms with Crippen molar-refractivity contribution in [1.82, 2.24) is 5.32 Å². The highest BCUT2D eigenvalue weighted by molar-refractivity contribution is 5.99. The van der Waals surface area contributed by atoms with Crippen molar-refractivity contribution >= 4 is 23.3 Å². The number of amides is 3. The molecule has 9 heteroatoms. The third-order valence-electron chi connectivity index (χ3n) is 4.27. The summed E-state index contributed by atoms with van der Waals surface area (Å²) in [4.78, 5) is 25.2. The summed E-state index contributed by atoms with van der Waals surface area (Å²) in [5.41, 5.74) is -0.210. The van der Waals surface area contributed by atoms with Crippen LogP contribution in [0.1, 0.15) is 32.4 Å². The number of carbonyl (C=O) groups is 2. The lowest BCUT2D eigenvalue weighted by molar-refractivity contribution is -0.156. The Morgan fingerprint density at radius 2 is 1.77 bits per heavy atom. The minimum absolute atomic E-state index is 0.0146. The Hall–Kier alpha value is -3.23. The van der Waals surface area contributed by atoms with E-state index < -0.39 is 36.3 Å². The van der Waals surface area contributed by atoms with E-state index in [0.29, 0.717) is 10.6 Å². The van der Waals surface area contributed by atoms with E-state index in [1.165, 1.54) is 42.5 Å². The first kappa shape index (κ1) is 21.5. The molecule has 160 valence electrons. The molecular weight excluding hydrogens is 399 g/mol. The lowest BCUT2D eigenvalue weighted by Gasteiger charge is -2.37. The number of anilines is 2. The smallest absolute Gasteiger partial charge is 0.413 e. The van der Waals surface area contributed by atoms with Gasteiger partial charge in [-0.1, -0.05) is 30.3 Å². The molecule has 1 unspecified atom stereocenters. The lowest BCUT2D eigenvalue weighted by Crippen LogP contribution is -2.47. The van der Waals surface area contributed by atoms with Crippen LogP contribution in [0.5, 0.6) is 5.75 Å². The van der Waals surface area contributed by atoms with Crippen LogP contribution in [0.4, 0.5) is 29.3 Å². The maximum absolute atomic E-state index is 14.0. The zero-order chi connectivity index (χ0) is 22.1. The van der Waals surface area contributed by atoms with E-state index >= 15 is 0 Å². The molecule has 0 aliphatic carbocycles. The first-order valence-electron chi connectivity index (χ1n) is 9.25. The van der Waals surface area contributed by atoms with Crippen molar-refractivity contribution in [1.29, 1.82) is 0 Å². The number of nitrogens with zero attached hydrogens (tertiary/aromatic N) is 1. The number of nitrogens with one attached hydrogen (secondary N) is 2. The number of halogens is 3. The topological polar surface area (TPSA) is 70.7 Å². The second-order valence-electron chi connectivity index (χ2n) is 7.92. The molecule has 3 rings (SSSR count). The number of benzene rings is 2. The van der Waals surface area contributed by atoms with Crippen LogP contribution in [-0.4, -0.2) is 30.3 Å². The number of hydrogen-bond donors (Lipinski definition) is 2.